The van der Waals surface area contributed by atoms with Crippen molar-refractivity contribution in [2.24, 2.45) is 0 Å². The van der Waals surface area contributed by atoms with Crippen LogP contribution in [-0.4, -0.2) is 43.5 Å². The van der Waals surface area contributed by atoms with E-state index in [4.69, 9.17) is 0 Å². The van der Waals surface area contributed by atoms with Gasteiger partial charge in [0.2, 0.25) is 0 Å². The van der Waals surface area contributed by atoms with Gasteiger partial charge in [0, 0.05) is 23.4 Å². The van der Waals surface area contributed by atoms with Crippen LogP contribution in [0, 0.1) is 10.1 Å². The lowest BCUT2D eigenvalue weighted by Gasteiger charge is -2.28. The molecule has 0 aliphatic carbocycles. The minimum Gasteiger partial charge on any atom is -1.00 e. The fourth-order valence-corrected chi connectivity index (χ4v) is 4.76. The number of hydrogen-bond donors (Lipinski definition) is 1. The van der Waals surface area contributed by atoms with Gasteiger partial charge in [-0.3, -0.25) is 10.1 Å². The first-order valence-corrected chi connectivity index (χ1v) is 9.60. The van der Waals surface area contributed by atoms with E-state index in [9.17, 15) is 15.2 Å². The zero-order valence-corrected chi connectivity index (χ0v) is 17.0. The van der Waals surface area contributed by atoms with Gasteiger partial charge in [-0.15, -0.1) is 0 Å². The highest BCUT2D eigenvalue weighted by Gasteiger charge is 2.54. The lowest BCUT2D eigenvalue weighted by molar-refractivity contribution is -0.532. The summed E-state index contributed by atoms with van der Waals surface area (Å²) >= 11 is 1.74. The van der Waals surface area contributed by atoms with Gasteiger partial charge in [0.1, 0.15) is 6.54 Å². The standard InChI is InChI=1S/C19H20N3O3S.BrH/c23-19(16-8-4-9-17(12-16)22(24)25)14-20-10-5-11-26-18(20)21(19)13-15-6-2-1-3-7-15;/h1-4,6-9,12,23H,5,10-11,13-14H2;1H/q+1;/p-1. The van der Waals surface area contributed by atoms with Gasteiger partial charge >= 0.3 is 5.17 Å². The molecule has 1 unspecified atom stereocenters. The zero-order chi connectivity index (χ0) is 18.1. The molecule has 2 aromatic carbocycles. The molecule has 0 spiro atoms. The molecule has 0 saturated heterocycles. The summed E-state index contributed by atoms with van der Waals surface area (Å²) in [4.78, 5) is 12.8. The number of thioether (sulfide) groups is 1. The number of non-ortho nitro benzene ring substituents is 1. The predicted octanol–water partition coefficient (Wildman–Crippen LogP) is -0.235. The Bertz CT molecular complexity index is 878. The third-order valence-corrected chi connectivity index (χ3v) is 6.10. The minimum absolute atomic E-state index is 0. The van der Waals surface area contributed by atoms with Crippen molar-refractivity contribution >= 4 is 22.6 Å². The lowest BCUT2D eigenvalue weighted by Crippen LogP contribution is -3.00. The van der Waals surface area contributed by atoms with Crippen LogP contribution in [0.4, 0.5) is 5.69 Å². The Morgan fingerprint density at radius 2 is 2.00 bits per heavy atom. The van der Waals surface area contributed by atoms with E-state index in [-0.39, 0.29) is 22.7 Å². The number of nitro benzene ring substituents is 1. The maximum absolute atomic E-state index is 11.6. The largest absolute Gasteiger partial charge is 1.00 e. The van der Waals surface area contributed by atoms with E-state index in [1.807, 2.05) is 35.2 Å². The van der Waals surface area contributed by atoms with Crippen LogP contribution in [0.2, 0.25) is 0 Å². The third-order valence-electron chi connectivity index (χ3n) is 4.87. The van der Waals surface area contributed by atoms with Gasteiger partial charge in [0.15, 0.2) is 6.54 Å². The average molecular weight is 450 g/mol. The van der Waals surface area contributed by atoms with E-state index in [0.717, 1.165) is 29.4 Å². The van der Waals surface area contributed by atoms with Crippen LogP contribution in [0.15, 0.2) is 54.6 Å². The monoisotopic (exact) mass is 449 g/mol. The highest BCUT2D eigenvalue weighted by molar-refractivity contribution is 8.13. The molecule has 1 N–H and O–H groups in total. The Kier molecular flexibility index (Phi) is 5.88. The van der Waals surface area contributed by atoms with Crippen LogP contribution in [0.3, 0.4) is 0 Å². The molecule has 6 nitrogen and oxygen atoms in total. The maximum Gasteiger partial charge on any atom is 0.311 e. The van der Waals surface area contributed by atoms with Crippen molar-refractivity contribution in [3.63, 3.8) is 0 Å². The molecular weight excluding hydrogens is 430 g/mol. The molecule has 8 heteroatoms. The molecule has 2 aliphatic rings. The number of hydrogen-bond acceptors (Lipinski definition) is 5. The number of nitrogens with zero attached hydrogens (tertiary/aromatic N) is 3. The predicted molar refractivity (Wildman–Crippen MR) is 101 cm³/mol. The molecule has 142 valence electrons. The van der Waals surface area contributed by atoms with Crippen LogP contribution in [0.5, 0.6) is 0 Å². The van der Waals surface area contributed by atoms with Crippen LogP contribution in [0.1, 0.15) is 17.5 Å². The van der Waals surface area contributed by atoms with Gasteiger partial charge in [0.25, 0.3) is 11.4 Å². The van der Waals surface area contributed by atoms with Crippen molar-refractivity contribution in [1.82, 2.24) is 4.90 Å². The fourth-order valence-electron chi connectivity index (χ4n) is 3.59. The van der Waals surface area contributed by atoms with Crippen molar-refractivity contribution in [1.29, 1.82) is 0 Å². The van der Waals surface area contributed by atoms with E-state index in [1.165, 1.54) is 12.1 Å². The first kappa shape index (κ1) is 19.9. The summed E-state index contributed by atoms with van der Waals surface area (Å²) in [6, 6.07) is 16.4. The summed E-state index contributed by atoms with van der Waals surface area (Å²) in [5.74, 6) is 1.02. The summed E-state index contributed by atoms with van der Waals surface area (Å²) in [6.07, 6.45) is 1.07. The van der Waals surface area contributed by atoms with Crippen molar-refractivity contribution in [3.8, 4) is 0 Å². The van der Waals surface area contributed by atoms with Gasteiger partial charge < -0.3 is 22.1 Å². The zero-order valence-electron chi connectivity index (χ0n) is 14.6. The molecule has 0 amide bonds. The van der Waals surface area contributed by atoms with Gasteiger partial charge in [0.05, 0.1) is 11.5 Å². The summed E-state index contributed by atoms with van der Waals surface area (Å²) < 4.78 is 2.19. The van der Waals surface area contributed by atoms with Crippen LogP contribution < -0.4 is 17.0 Å². The number of halogens is 1. The number of amidine groups is 1. The smallest absolute Gasteiger partial charge is 0.311 e. The summed E-state index contributed by atoms with van der Waals surface area (Å²) in [5, 5.41) is 23.9. The molecule has 2 aliphatic heterocycles. The van der Waals surface area contributed by atoms with E-state index in [2.05, 4.69) is 4.58 Å². The quantitative estimate of drug-likeness (QED) is 0.396. The molecule has 0 radical (unpaired) electrons. The van der Waals surface area contributed by atoms with Crippen LogP contribution >= 0.6 is 11.8 Å². The maximum atomic E-state index is 11.6. The molecule has 0 saturated carbocycles. The van der Waals surface area contributed by atoms with E-state index in [1.54, 1.807) is 23.9 Å². The van der Waals surface area contributed by atoms with Gasteiger partial charge in [-0.2, -0.15) is 0 Å². The van der Waals surface area contributed by atoms with E-state index >= 15 is 0 Å². The molecule has 0 bridgehead atoms. The molecule has 2 heterocycles. The SMILES string of the molecule is O=[N+]([O-])c1cccc(C2(O)C[N+]3=C(SCCC3)N2Cc2ccccc2)c1.[Br-]. The summed E-state index contributed by atoms with van der Waals surface area (Å²) in [7, 11) is 0. The highest BCUT2D eigenvalue weighted by atomic mass is 79.9. The van der Waals surface area contributed by atoms with Crippen molar-refractivity contribution in [3.05, 3.63) is 75.8 Å². The average Bonchev–Trinajstić information content (AvgIpc) is 2.96. The lowest BCUT2D eigenvalue weighted by atomic mass is 10.0. The van der Waals surface area contributed by atoms with Crippen LogP contribution in [-0.2, 0) is 12.3 Å². The number of nitro groups is 1. The molecule has 0 aromatic heterocycles. The Morgan fingerprint density at radius 3 is 2.74 bits per heavy atom. The Labute approximate surface area is 172 Å². The van der Waals surface area contributed by atoms with Gasteiger partial charge in [-0.05, 0) is 23.7 Å². The second-order valence-electron chi connectivity index (χ2n) is 6.60. The number of benzene rings is 2. The van der Waals surface area contributed by atoms with Crippen molar-refractivity contribution in [2.45, 2.75) is 18.7 Å². The van der Waals surface area contributed by atoms with E-state index < -0.39 is 10.6 Å². The molecule has 0 fully saturated rings. The normalized spacial score (nSPS) is 21.6. The van der Waals surface area contributed by atoms with E-state index in [0.29, 0.717) is 18.7 Å². The number of rotatable bonds is 4. The summed E-state index contributed by atoms with van der Waals surface area (Å²) in [5.41, 5.74) is 0.370. The number of aliphatic hydroxyl groups is 1. The fraction of sp³-hybridized carbons (Fsp3) is 0.316. The molecule has 27 heavy (non-hydrogen) atoms. The topological polar surface area (TPSA) is 69.6 Å². The third kappa shape index (κ3) is 3.74. The first-order chi connectivity index (χ1) is 12.6. The van der Waals surface area contributed by atoms with Crippen molar-refractivity contribution < 1.29 is 31.6 Å². The van der Waals surface area contributed by atoms with Gasteiger partial charge in [-0.1, -0.05) is 42.5 Å². The van der Waals surface area contributed by atoms with Crippen molar-refractivity contribution in [2.75, 3.05) is 18.8 Å². The minimum atomic E-state index is -1.28. The Morgan fingerprint density at radius 1 is 1.22 bits per heavy atom. The molecule has 2 aromatic rings. The first-order valence-electron chi connectivity index (χ1n) is 8.61. The second kappa shape index (κ2) is 8.00. The summed E-state index contributed by atoms with van der Waals surface area (Å²) in [6.45, 7) is 1.87. The Balaban J connectivity index is 0.00000210. The van der Waals surface area contributed by atoms with Crippen LogP contribution in [0.25, 0.3) is 0 Å². The highest BCUT2D eigenvalue weighted by Crippen LogP contribution is 2.38. The molecular formula is C19H20BrN3O3S. The molecule has 1 atom stereocenters. The Hall–Kier alpha value is -1.90. The molecule has 4 rings (SSSR count). The second-order valence-corrected chi connectivity index (χ2v) is 7.66. The van der Waals surface area contributed by atoms with Gasteiger partial charge in [-0.25, -0.2) is 9.48 Å².